The van der Waals surface area contributed by atoms with Gasteiger partial charge in [-0.3, -0.25) is 0 Å². The van der Waals surface area contributed by atoms with Gasteiger partial charge in [0.15, 0.2) is 0 Å². The van der Waals surface area contributed by atoms with E-state index in [1.165, 1.54) is 6.42 Å². The highest BCUT2D eigenvalue weighted by molar-refractivity contribution is 5.42. The molecular weight excluding hydrogens is 252 g/mol. The van der Waals surface area contributed by atoms with Crippen LogP contribution in [-0.2, 0) is 0 Å². The summed E-state index contributed by atoms with van der Waals surface area (Å²) in [6.07, 6.45) is 2.26. The minimum atomic E-state index is 0.264. The summed E-state index contributed by atoms with van der Waals surface area (Å²) >= 11 is 0. The molecule has 6 heteroatoms. The van der Waals surface area contributed by atoms with E-state index in [0.717, 1.165) is 19.5 Å². The molecule has 2 unspecified atom stereocenters. The van der Waals surface area contributed by atoms with Crippen LogP contribution in [0.25, 0.3) is 0 Å². The molecular formula is C14H28N6. The van der Waals surface area contributed by atoms with Crippen molar-refractivity contribution in [1.82, 2.24) is 15.0 Å². The summed E-state index contributed by atoms with van der Waals surface area (Å²) in [7, 11) is 0. The Kier molecular flexibility index (Phi) is 6.48. The van der Waals surface area contributed by atoms with Gasteiger partial charge in [-0.1, -0.05) is 20.3 Å². The lowest BCUT2D eigenvalue weighted by molar-refractivity contribution is 0.482. The first kappa shape index (κ1) is 16.5. The molecule has 1 aromatic heterocycles. The number of nitrogen functional groups attached to an aromatic ring is 1. The number of nitrogens with one attached hydrogen (secondary N) is 1. The minimum absolute atomic E-state index is 0.264. The quantitative estimate of drug-likeness (QED) is 0.761. The van der Waals surface area contributed by atoms with Crippen LogP contribution >= 0.6 is 0 Å². The fourth-order valence-corrected chi connectivity index (χ4v) is 2.14. The molecule has 2 atom stereocenters. The van der Waals surface area contributed by atoms with E-state index in [4.69, 9.17) is 5.73 Å². The zero-order valence-electron chi connectivity index (χ0n) is 13.3. The number of rotatable bonds is 8. The van der Waals surface area contributed by atoms with Crippen molar-refractivity contribution in [3.8, 4) is 0 Å². The molecule has 114 valence electrons. The summed E-state index contributed by atoms with van der Waals surface area (Å²) in [5.41, 5.74) is 5.78. The SMILES string of the molecule is CCC(C)CC(C)Nc1nc(N)nc(N(CC)CC)n1. The van der Waals surface area contributed by atoms with Crippen molar-refractivity contribution in [3.63, 3.8) is 0 Å². The highest BCUT2D eigenvalue weighted by Gasteiger charge is 2.12. The van der Waals surface area contributed by atoms with Crippen molar-refractivity contribution >= 4 is 17.8 Å². The predicted octanol–water partition coefficient (Wildman–Crippen LogP) is 2.54. The van der Waals surface area contributed by atoms with Crippen LogP contribution in [0.15, 0.2) is 0 Å². The van der Waals surface area contributed by atoms with Crippen LogP contribution in [0.2, 0.25) is 0 Å². The Morgan fingerprint density at radius 2 is 1.75 bits per heavy atom. The maximum Gasteiger partial charge on any atom is 0.231 e. The lowest BCUT2D eigenvalue weighted by atomic mass is 10.0. The third-order valence-electron chi connectivity index (χ3n) is 3.52. The largest absolute Gasteiger partial charge is 0.368 e. The summed E-state index contributed by atoms with van der Waals surface area (Å²) in [6, 6.07) is 0.316. The van der Waals surface area contributed by atoms with Crippen LogP contribution in [0.4, 0.5) is 17.8 Å². The fourth-order valence-electron chi connectivity index (χ4n) is 2.14. The second-order valence-corrected chi connectivity index (χ2v) is 5.28. The molecule has 1 rings (SSSR count). The Morgan fingerprint density at radius 1 is 1.10 bits per heavy atom. The normalized spacial score (nSPS) is 13.8. The summed E-state index contributed by atoms with van der Waals surface area (Å²) < 4.78 is 0. The second kappa shape index (κ2) is 7.87. The van der Waals surface area contributed by atoms with E-state index >= 15 is 0 Å². The molecule has 6 nitrogen and oxygen atoms in total. The smallest absolute Gasteiger partial charge is 0.231 e. The average molecular weight is 280 g/mol. The van der Waals surface area contributed by atoms with Crippen molar-refractivity contribution in [1.29, 1.82) is 0 Å². The molecule has 0 fully saturated rings. The Bertz CT molecular complexity index is 405. The zero-order valence-corrected chi connectivity index (χ0v) is 13.3. The molecule has 0 saturated carbocycles. The van der Waals surface area contributed by atoms with Crippen molar-refractivity contribution in [2.75, 3.05) is 29.0 Å². The van der Waals surface area contributed by atoms with Crippen LogP contribution in [0.5, 0.6) is 0 Å². The number of nitrogens with two attached hydrogens (primary N) is 1. The van der Waals surface area contributed by atoms with E-state index in [-0.39, 0.29) is 5.95 Å². The van der Waals surface area contributed by atoms with Crippen LogP contribution in [0, 0.1) is 5.92 Å². The lowest BCUT2D eigenvalue weighted by Gasteiger charge is -2.21. The van der Waals surface area contributed by atoms with Gasteiger partial charge in [0.05, 0.1) is 0 Å². The molecule has 0 aliphatic rings. The molecule has 20 heavy (non-hydrogen) atoms. The van der Waals surface area contributed by atoms with Gasteiger partial charge in [-0.15, -0.1) is 0 Å². The molecule has 0 saturated heterocycles. The molecule has 0 radical (unpaired) electrons. The van der Waals surface area contributed by atoms with E-state index in [0.29, 0.717) is 23.9 Å². The van der Waals surface area contributed by atoms with E-state index in [2.05, 4.69) is 59.8 Å². The fraction of sp³-hybridized carbons (Fsp3) is 0.786. The number of aromatic nitrogens is 3. The van der Waals surface area contributed by atoms with Gasteiger partial charge in [-0.05, 0) is 33.1 Å². The summed E-state index contributed by atoms with van der Waals surface area (Å²) in [4.78, 5) is 14.9. The van der Waals surface area contributed by atoms with Gasteiger partial charge in [-0.2, -0.15) is 15.0 Å². The monoisotopic (exact) mass is 280 g/mol. The van der Waals surface area contributed by atoms with Gasteiger partial charge in [0.2, 0.25) is 17.8 Å². The molecule has 0 amide bonds. The minimum Gasteiger partial charge on any atom is -0.368 e. The van der Waals surface area contributed by atoms with Gasteiger partial charge < -0.3 is 16.0 Å². The number of anilines is 3. The maximum atomic E-state index is 5.78. The lowest BCUT2D eigenvalue weighted by Crippen LogP contribution is -2.26. The molecule has 1 aromatic rings. The first-order valence-electron chi connectivity index (χ1n) is 7.53. The molecule has 0 aliphatic heterocycles. The third-order valence-corrected chi connectivity index (χ3v) is 3.52. The van der Waals surface area contributed by atoms with E-state index in [1.54, 1.807) is 0 Å². The van der Waals surface area contributed by atoms with Crippen LogP contribution in [0.1, 0.15) is 47.5 Å². The van der Waals surface area contributed by atoms with Gasteiger partial charge in [0.25, 0.3) is 0 Å². The Morgan fingerprint density at radius 3 is 2.30 bits per heavy atom. The van der Waals surface area contributed by atoms with Gasteiger partial charge in [0.1, 0.15) is 0 Å². The molecule has 0 aliphatic carbocycles. The molecule has 1 heterocycles. The Balaban J connectivity index is 2.80. The Labute approximate surface area is 122 Å². The van der Waals surface area contributed by atoms with E-state index in [1.807, 2.05) is 0 Å². The number of hydrogen-bond acceptors (Lipinski definition) is 6. The van der Waals surface area contributed by atoms with Crippen molar-refractivity contribution in [2.24, 2.45) is 5.92 Å². The maximum absolute atomic E-state index is 5.78. The average Bonchev–Trinajstić information content (AvgIpc) is 2.39. The van der Waals surface area contributed by atoms with Crippen LogP contribution < -0.4 is 16.0 Å². The van der Waals surface area contributed by atoms with Crippen LogP contribution in [0.3, 0.4) is 0 Å². The first-order valence-corrected chi connectivity index (χ1v) is 7.53. The van der Waals surface area contributed by atoms with Crippen molar-refractivity contribution in [3.05, 3.63) is 0 Å². The topological polar surface area (TPSA) is 80.0 Å². The predicted molar refractivity (Wildman–Crippen MR) is 85.0 cm³/mol. The molecule has 0 aromatic carbocycles. The highest BCUT2D eigenvalue weighted by atomic mass is 15.3. The first-order chi connectivity index (χ1) is 9.49. The van der Waals surface area contributed by atoms with E-state index < -0.39 is 0 Å². The van der Waals surface area contributed by atoms with Gasteiger partial charge in [0, 0.05) is 19.1 Å². The summed E-state index contributed by atoms with van der Waals surface area (Å²) in [5, 5.41) is 3.32. The zero-order chi connectivity index (χ0) is 15.1. The second-order valence-electron chi connectivity index (χ2n) is 5.28. The highest BCUT2D eigenvalue weighted by Crippen LogP contribution is 2.15. The van der Waals surface area contributed by atoms with Gasteiger partial charge in [-0.25, -0.2) is 0 Å². The third kappa shape index (κ3) is 4.83. The van der Waals surface area contributed by atoms with E-state index in [9.17, 15) is 0 Å². The molecule has 3 N–H and O–H groups in total. The van der Waals surface area contributed by atoms with Crippen molar-refractivity contribution < 1.29 is 0 Å². The standard InChI is InChI=1S/C14H28N6/c1-6-10(4)9-11(5)16-13-17-12(15)18-14(19-13)20(7-2)8-3/h10-11H,6-9H2,1-5H3,(H3,15,16,17,18,19). The van der Waals surface area contributed by atoms with Crippen molar-refractivity contribution in [2.45, 2.75) is 53.5 Å². The number of nitrogens with zero attached hydrogens (tertiary/aromatic N) is 4. The summed E-state index contributed by atoms with van der Waals surface area (Å²) in [5.74, 6) is 2.15. The van der Waals surface area contributed by atoms with Gasteiger partial charge >= 0.3 is 0 Å². The van der Waals surface area contributed by atoms with Crippen LogP contribution in [-0.4, -0.2) is 34.1 Å². The number of hydrogen-bond donors (Lipinski definition) is 2. The molecule has 0 spiro atoms. The summed E-state index contributed by atoms with van der Waals surface area (Å²) in [6.45, 7) is 12.4. The Hall–Kier alpha value is -1.59. The molecule has 0 bridgehead atoms.